The summed E-state index contributed by atoms with van der Waals surface area (Å²) in [7, 11) is 0. The molecule has 1 aliphatic rings. The molecule has 2 N–H and O–H groups in total. The maximum atomic E-state index is 10.9. The molecule has 3 heterocycles. The quantitative estimate of drug-likeness (QED) is 0.643. The summed E-state index contributed by atoms with van der Waals surface area (Å²) in [6.07, 6.45) is 7.13. The average Bonchev–Trinajstić information content (AvgIpc) is 2.55. The Morgan fingerprint density at radius 1 is 1.35 bits per heavy atom. The summed E-state index contributed by atoms with van der Waals surface area (Å²) in [6.45, 7) is 1.67. The van der Waals surface area contributed by atoms with Gasteiger partial charge in [0, 0.05) is 30.1 Å². The van der Waals surface area contributed by atoms with Gasteiger partial charge >= 0.3 is 0 Å². The summed E-state index contributed by atoms with van der Waals surface area (Å²) in [5.74, 6) is -0.384. The maximum Gasteiger partial charge on any atom is 0.216 e. The molecule has 2 aromatic rings. The molecule has 0 spiro atoms. The number of hydrogen-bond donors (Lipinski definition) is 2. The van der Waals surface area contributed by atoms with Gasteiger partial charge in [0.15, 0.2) is 18.1 Å². The van der Waals surface area contributed by atoms with Crippen molar-refractivity contribution in [2.75, 3.05) is 0 Å². The highest BCUT2D eigenvalue weighted by atomic mass is 32.1. The number of rotatable bonds is 2. The molecule has 0 fully saturated rings. The van der Waals surface area contributed by atoms with Crippen LogP contribution < -0.4 is 9.88 Å². The second-order valence-electron chi connectivity index (χ2n) is 5.66. The Labute approximate surface area is 140 Å². The fourth-order valence-electron chi connectivity index (χ4n) is 3.08. The van der Waals surface area contributed by atoms with Crippen LogP contribution in [0.25, 0.3) is 0 Å². The van der Waals surface area contributed by atoms with Crippen LogP contribution in [0.1, 0.15) is 24.4 Å². The molecule has 116 valence electrons. The lowest BCUT2D eigenvalue weighted by Gasteiger charge is -2.43. The highest BCUT2D eigenvalue weighted by Crippen LogP contribution is 2.41. The van der Waals surface area contributed by atoms with Crippen molar-refractivity contribution in [3.8, 4) is 6.07 Å². The number of hydrogen-bond acceptors (Lipinski definition) is 5. The molecule has 6 heteroatoms. The van der Waals surface area contributed by atoms with Gasteiger partial charge in [-0.3, -0.25) is 4.98 Å². The first-order chi connectivity index (χ1) is 11.0. The Kier molecular flexibility index (Phi) is 3.99. The first-order valence-electron chi connectivity index (χ1n) is 7.22. The fourth-order valence-corrected chi connectivity index (χ4v) is 3.46. The third kappa shape index (κ3) is 2.77. The van der Waals surface area contributed by atoms with Gasteiger partial charge in [0.05, 0.1) is 12.0 Å². The minimum atomic E-state index is -1.30. The molecule has 1 aliphatic heterocycles. The highest BCUT2D eigenvalue weighted by molar-refractivity contribution is 7.63. The smallest absolute Gasteiger partial charge is 0.216 e. The van der Waals surface area contributed by atoms with E-state index in [1.807, 2.05) is 47.3 Å². The van der Waals surface area contributed by atoms with Crippen molar-refractivity contribution in [3.63, 3.8) is 0 Å². The van der Waals surface area contributed by atoms with E-state index in [0.717, 1.165) is 5.56 Å². The third-order valence-corrected chi connectivity index (χ3v) is 4.36. The van der Waals surface area contributed by atoms with Crippen molar-refractivity contribution in [2.45, 2.75) is 24.6 Å². The van der Waals surface area contributed by atoms with E-state index in [1.54, 1.807) is 19.3 Å². The molecule has 2 aromatic heterocycles. The minimum Gasteiger partial charge on any atom is -0.762 e. The predicted octanol–water partition coefficient (Wildman–Crippen LogP) is 1.29. The molecule has 0 amide bonds. The van der Waals surface area contributed by atoms with E-state index >= 15 is 0 Å². The summed E-state index contributed by atoms with van der Waals surface area (Å²) in [5.41, 5.74) is -0.0281. The molecule has 0 aliphatic carbocycles. The molecule has 0 saturated heterocycles. The van der Waals surface area contributed by atoms with Crippen molar-refractivity contribution in [3.05, 3.63) is 71.3 Å². The summed E-state index contributed by atoms with van der Waals surface area (Å²) in [4.78, 5) is 4.15. The van der Waals surface area contributed by atoms with Gasteiger partial charge in [-0.1, -0.05) is 17.2 Å². The molecule has 3 atom stereocenters. The maximum absolute atomic E-state index is 10.9. The Bertz CT molecular complexity index is 768. The van der Waals surface area contributed by atoms with Gasteiger partial charge in [-0.05, 0) is 18.6 Å². The Morgan fingerprint density at radius 3 is 2.70 bits per heavy atom. The third-order valence-electron chi connectivity index (χ3n) is 4.04. The van der Waals surface area contributed by atoms with Crippen molar-refractivity contribution < 1.29 is 9.67 Å². The van der Waals surface area contributed by atoms with Crippen LogP contribution in [0.15, 0.2) is 65.7 Å². The molecule has 0 radical (unpaired) electrons. The number of aromatic nitrogens is 2. The lowest BCUT2D eigenvalue weighted by atomic mass is 9.79. The summed E-state index contributed by atoms with van der Waals surface area (Å²) in [6, 6.07) is 11.2. The van der Waals surface area contributed by atoms with Crippen molar-refractivity contribution in [1.82, 2.24) is 10.3 Å². The zero-order valence-electron chi connectivity index (χ0n) is 12.5. The second-order valence-corrected chi connectivity index (χ2v) is 6.07. The van der Waals surface area contributed by atoms with E-state index < -0.39 is 11.8 Å². The van der Waals surface area contributed by atoms with Gasteiger partial charge in [-0.15, -0.1) is 0 Å². The first-order valence-corrected chi connectivity index (χ1v) is 7.63. The second kappa shape index (κ2) is 5.95. The molecule has 0 saturated carbocycles. The number of nitriles is 1. The SMILES string of the molecule is C[C@]1(O)NC([S-])=C(C#N)[C@H](c2cccnc2)C1[n+]1ccccc1. The van der Waals surface area contributed by atoms with E-state index in [0.29, 0.717) is 5.57 Å². The van der Waals surface area contributed by atoms with Gasteiger partial charge in [0.1, 0.15) is 0 Å². The van der Waals surface area contributed by atoms with Crippen LogP contribution in [0.3, 0.4) is 0 Å². The standard InChI is InChI=1S/C17H16N4OS/c1-17(22)15(21-8-3-2-4-9-21)14(12-6-5-7-19-11-12)13(10-18)16(23)20-17/h2-9,11,14-15,20,22H,1H3/t14-,15?,17+/m0/s1. The van der Waals surface area contributed by atoms with Gasteiger partial charge in [0.2, 0.25) is 6.04 Å². The van der Waals surface area contributed by atoms with E-state index in [2.05, 4.69) is 16.4 Å². The first kappa shape index (κ1) is 15.4. The fraction of sp³-hybridized carbons (Fsp3) is 0.235. The topological polar surface area (TPSA) is 72.8 Å². The monoisotopic (exact) mass is 324 g/mol. The van der Waals surface area contributed by atoms with Crippen LogP contribution in [-0.4, -0.2) is 15.8 Å². The highest BCUT2D eigenvalue weighted by Gasteiger charge is 2.50. The average molecular weight is 324 g/mol. The minimum absolute atomic E-state index is 0.277. The molecule has 0 aromatic carbocycles. The van der Waals surface area contributed by atoms with Gasteiger partial charge < -0.3 is 23.1 Å². The van der Waals surface area contributed by atoms with Crippen molar-refractivity contribution in [1.29, 1.82) is 5.26 Å². The molecule has 0 bridgehead atoms. The van der Waals surface area contributed by atoms with Crippen LogP contribution in [0, 0.1) is 11.3 Å². The zero-order chi connectivity index (χ0) is 16.4. The summed E-state index contributed by atoms with van der Waals surface area (Å²) < 4.78 is 1.89. The Hall–Kier alpha value is -2.49. The molecule has 5 nitrogen and oxygen atoms in total. The number of pyridine rings is 2. The van der Waals surface area contributed by atoms with E-state index in [9.17, 15) is 10.4 Å². The number of aliphatic hydroxyl groups is 1. The summed E-state index contributed by atoms with van der Waals surface area (Å²) in [5, 5.41) is 23.7. The predicted molar refractivity (Wildman–Crippen MR) is 86.4 cm³/mol. The number of nitrogens with zero attached hydrogens (tertiary/aromatic N) is 3. The zero-order valence-corrected chi connectivity index (χ0v) is 13.4. The lowest BCUT2D eigenvalue weighted by molar-refractivity contribution is -0.741. The van der Waals surface area contributed by atoms with E-state index in [-0.39, 0.29) is 10.9 Å². The van der Waals surface area contributed by atoms with Gasteiger partial charge in [-0.2, -0.15) is 9.83 Å². The van der Waals surface area contributed by atoms with E-state index in [4.69, 9.17) is 12.6 Å². The molecule has 1 unspecified atom stereocenters. The van der Waals surface area contributed by atoms with Gasteiger partial charge in [-0.25, -0.2) is 0 Å². The van der Waals surface area contributed by atoms with Gasteiger partial charge in [0.25, 0.3) is 0 Å². The molecule has 3 rings (SSSR count). The molecular weight excluding hydrogens is 308 g/mol. The summed E-state index contributed by atoms with van der Waals surface area (Å²) >= 11 is 5.29. The van der Waals surface area contributed by atoms with Crippen LogP contribution in [0.4, 0.5) is 0 Å². The molecule has 23 heavy (non-hydrogen) atoms. The van der Waals surface area contributed by atoms with Crippen LogP contribution >= 0.6 is 0 Å². The number of nitrogens with one attached hydrogen (secondary N) is 1. The Morgan fingerprint density at radius 2 is 2.09 bits per heavy atom. The van der Waals surface area contributed by atoms with Crippen molar-refractivity contribution in [2.24, 2.45) is 0 Å². The largest absolute Gasteiger partial charge is 0.762 e. The Balaban J connectivity index is 2.23. The normalized spacial score (nSPS) is 27.2. The number of allylic oxidation sites excluding steroid dienone is 1. The van der Waals surface area contributed by atoms with Crippen molar-refractivity contribution >= 4 is 12.6 Å². The van der Waals surface area contributed by atoms with E-state index in [1.165, 1.54) is 0 Å². The lowest BCUT2D eigenvalue weighted by Crippen LogP contribution is -2.63. The molecular formula is C17H16N4OS. The van der Waals surface area contributed by atoms with Crippen LogP contribution in [0.5, 0.6) is 0 Å². The van der Waals surface area contributed by atoms with Crippen LogP contribution in [0.2, 0.25) is 0 Å². The van der Waals surface area contributed by atoms with Crippen LogP contribution in [-0.2, 0) is 12.6 Å².